The van der Waals surface area contributed by atoms with Crippen LogP contribution in [0.5, 0.6) is 5.75 Å². The van der Waals surface area contributed by atoms with E-state index in [2.05, 4.69) is 36.7 Å². The number of methoxy groups -OCH3 is 1. The third kappa shape index (κ3) is 12.6. The number of rotatable bonds is 14. The smallest absolute Gasteiger partial charge is 0.328 e. The first-order valence-electron chi connectivity index (χ1n) is 20.6. The van der Waals surface area contributed by atoms with Gasteiger partial charge in [-0.25, -0.2) is 4.79 Å². The molecule has 2 heterocycles. The average Bonchev–Trinajstić information content (AvgIpc) is 4.00. The normalized spacial score (nSPS) is 26.2. The molecule has 0 spiro atoms. The van der Waals surface area contributed by atoms with Gasteiger partial charge in [0.05, 0.1) is 23.7 Å². The third-order valence-corrected chi connectivity index (χ3v) is 16.5. The molecule has 3 amide bonds. The van der Waals surface area contributed by atoms with E-state index in [0.717, 1.165) is 29.3 Å². The van der Waals surface area contributed by atoms with E-state index in [1.165, 1.54) is 13.2 Å². The molecule has 0 bridgehead atoms. The Bertz CT molecular complexity index is 1760. The third-order valence-electron chi connectivity index (χ3n) is 11.6. The van der Waals surface area contributed by atoms with Crippen molar-refractivity contribution >= 4 is 43.6 Å². The van der Waals surface area contributed by atoms with Gasteiger partial charge in [-0.15, -0.1) is 0 Å². The van der Waals surface area contributed by atoms with Crippen molar-refractivity contribution in [3.8, 4) is 5.75 Å². The van der Waals surface area contributed by atoms with Gasteiger partial charge in [-0.2, -0.15) is 0 Å². The molecule has 320 valence electrons. The van der Waals surface area contributed by atoms with Crippen LogP contribution in [0.1, 0.15) is 91.0 Å². The first kappa shape index (κ1) is 46.9. The second-order valence-electron chi connectivity index (χ2n) is 17.3. The highest BCUT2D eigenvalue weighted by Gasteiger charge is 2.48. The quantitative estimate of drug-likeness (QED) is 0.0937. The topological polar surface area (TPSA) is 171 Å². The van der Waals surface area contributed by atoms with E-state index in [4.69, 9.17) is 36.0 Å². The molecule has 12 nitrogen and oxygen atoms in total. The van der Waals surface area contributed by atoms with Gasteiger partial charge in [0.1, 0.15) is 30.0 Å². The van der Waals surface area contributed by atoms with Crippen molar-refractivity contribution in [2.45, 2.75) is 130 Å². The summed E-state index contributed by atoms with van der Waals surface area (Å²) in [4.78, 5) is 56.5. The van der Waals surface area contributed by atoms with Crippen LogP contribution in [-0.4, -0.2) is 76.6 Å². The molecule has 5 N–H and O–H groups in total. The van der Waals surface area contributed by atoms with Gasteiger partial charge in [0.25, 0.3) is 0 Å². The maximum Gasteiger partial charge on any atom is 0.328 e. The molecule has 0 saturated carbocycles. The Kier molecular flexibility index (Phi) is 16.6. The second-order valence-corrected chi connectivity index (χ2v) is 22.5. The minimum Gasteiger partial charge on any atom is -0.495 e. The molecular formula is C44H65ClN4O8Si. The number of carbonyl (C=O) groups excluding carboxylic acids is 4. The fourth-order valence-corrected chi connectivity index (χ4v) is 10.4. The van der Waals surface area contributed by atoms with Crippen LogP contribution in [0.2, 0.25) is 23.2 Å². The van der Waals surface area contributed by atoms with E-state index >= 15 is 0 Å². The van der Waals surface area contributed by atoms with Crippen molar-refractivity contribution < 1.29 is 37.8 Å². The van der Waals surface area contributed by atoms with Crippen LogP contribution in [0, 0.1) is 16.7 Å². The molecule has 58 heavy (non-hydrogen) atoms. The molecule has 1 saturated heterocycles. The summed E-state index contributed by atoms with van der Waals surface area (Å²) in [6, 6.07) is 13.7. The monoisotopic (exact) mass is 840 g/mol. The van der Waals surface area contributed by atoms with Crippen LogP contribution in [0.4, 0.5) is 0 Å². The van der Waals surface area contributed by atoms with Crippen LogP contribution in [-0.2, 0) is 46.0 Å². The fraction of sp³-hybridized carbons (Fsp3) is 0.591. The van der Waals surface area contributed by atoms with Crippen LogP contribution >= 0.6 is 11.6 Å². The number of halogens is 1. The molecule has 2 aromatic carbocycles. The number of hydrogen-bond donors (Lipinski definition) is 4. The summed E-state index contributed by atoms with van der Waals surface area (Å²) >= 11 is 6.44. The molecule has 2 aromatic rings. The molecule has 7 atom stereocenters. The van der Waals surface area contributed by atoms with Crippen molar-refractivity contribution in [2.75, 3.05) is 20.3 Å². The summed E-state index contributed by atoms with van der Waals surface area (Å²) in [5.41, 5.74) is 6.84. The number of nitrogens with one attached hydrogen (secondary N) is 3. The van der Waals surface area contributed by atoms with Crippen LogP contribution in [0.3, 0.4) is 0 Å². The van der Waals surface area contributed by atoms with Crippen LogP contribution in [0.25, 0.3) is 0 Å². The maximum absolute atomic E-state index is 14.6. The molecule has 2 aliphatic rings. The maximum atomic E-state index is 14.6. The van der Waals surface area contributed by atoms with Gasteiger partial charge in [0.15, 0.2) is 8.32 Å². The molecule has 0 aromatic heterocycles. The minimum atomic E-state index is -2.20. The standard InChI is InChI=1S/C44H65ClN4O8Si/c1-10-58(11-2,12-3)55-27-44(8)26-47-40(51)33(23-30-18-21-36(54-9)32(45)22-30)48-37(50)15-13-14-35(56-41(52)34(49-42(44)53)24-43(5,6)7)28(4)38-39(57-38)31-19-16-29(25-46)17-20-31/h13,15-22,28,33-35,38-39H,10-12,14,23-27,46H2,1-9H3,(H,47,51)(H,48,50)(H,49,53)/b15-13-/t28-,33+,34-,35-,38+,39+,44?/m0/s1. The lowest BCUT2D eigenvalue weighted by Crippen LogP contribution is -2.57. The van der Waals surface area contributed by atoms with Gasteiger partial charge in [-0.1, -0.05) is 96.5 Å². The van der Waals surface area contributed by atoms with Gasteiger partial charge in [0.2, 0.25) is 17.7 Å². The second kappa shape index (κ2) is 20.5. The number of nitrogens with two attached hydrogens (primary N) is 1. The van der Waals surface area contributed by atoms with Crippen molar-refractivity contribution in [3.05, 3.63) is 76.3 Å². The van der Waals surface area contributed by atoms with Gasteiger partial charge in [-0.3, -0.25) is 14.4 Å². The molecule has 14 heteroatoms. The van der Waals surface area contributed by atoms with E-state index < -0.39 is 55.6 Å². The number of esters is 1. The molecular weight excluding hydrogens is 776 g/mol. The number of amides is 3. The number of epoxide rings is 1. The summed E-state index contributed by atoms with van der Waals surface area (Å²) in [6.45, 7) is 16.3. The van der Waals surface area contributed by atoms with Crippen molar-refractivity contribution in [1.82, 2.24) is 16.0 Å². The number of hydrogen-bond acceptors (Lipinski definition) is 9. The van der Waals surface area contributed by atoms with Gasteiger partial charge in [-0.05, 0) is 71.8 Å². The zero-order valence-corrected chi connectivity index (χ0v) is 37.5. The highest BCUT2D eigenvalue weighted by molar-refractivity contribution is 6.73. The SMILES string of the molecule is CC[Si](CC)(CC)OCC1(C)CNC(=O)[C@@H](Cc2ccc(OC)c(Cl)c2)NC(=O)/C=C\C[C@@H]([C@H](C)[C@H]2O[C@@H]2c2ccc(CN)cc2)OC(=O)[C@H](CC(C)(C)C)NC1=O. The van der Waals surface area contributed by atoms with Gasteiger partial charge >= 0.3 is 5.97 Å². The van der Waals surface area contributed by atoms with Crippen LogP contribution in [0.15, 0.2) is 54.6 Å². The van der Waals surface area contributed by atoms with E-state index in [9.17, 15) is 19.2 Å². The Hall–Kier alpha value is -3.75. The Balaban J connectivity index is 1.72. The first-order chi connectivity index (χ1) is 27.4. The van der Waals surface area contributed by atoms with E-state index in [0.29, 0.717) is 29.3 Å². The summed E-state index contributed by atoms with van der Waals surface area (Å²) in [5.74, 6) is -1.83. The largest absolute Gasteiger partial charge is 0.495 e. The zero-order valence-electron chi connectivity index (χ0n) is 35.7. The Morgan fingerprint density at radius 3 is 2.22 bits per heavy atom. The van der Waals surface area contributed by atoms with Crippen molar-refractivity contribution in [2.24, 2.45) is 22.5 Å². The molecule has 0 aliphatic carbocycles. The highest BCUT2D eigenvalue weighted by atomic mass is 35.5. The lowest BCUT2D eigenvalue weighted by Gasteiger charge is -2.37. The van der Waals surface area contributed by atoms with Crippen molar-refractivity contribution in [1.29, 1.82) is 0 Å². The molecule has 4 rings (SSSR count). The zero-order chi connectivity index (χ0) is 42.8. The lowest BCUT2D eigenvalue weighted by atomic mass is 9.86. The highest BCUT2D eigenvalue weighted by Crippen LogP contribution is 2.45. The van der Waals surface area contributed by atoms with Gasteiger partial charge < -0.3 is 40.3 Å². The predicted octanol–water partition coefficient (Wildman–Crippen LogP) is 6.55. The van der Waals surface area contributed by atoms with E-state index in [1.54, 1.807) is 31.2 Å². The van der Waals surface area contributed by atoms with Crippen LogP contribution < -0.4 is 26.4 Å². The lowest BCUT2D eigenvalue weighted by molar-refractivity contribution is -0.157. The summed E-state index contributed by atoms with van der Waals surface area (Å²) in [6.07, 6.45) is 2.42. The molecule has 0 radical (unpaired) electrons. The molecule has 1 fully saturated rings. The summed E-state index contributed by atoms with van der Waals surface area (Å²) < 4.78 is 24.5. The summed E-state index contributed by atoms with van der Waals surface area (Å²) in [7, 11) is -0.682. The Labute approximate surface area is 350 Å². The van der Waals surface area contributed by atoms with Crippen molar-refractivity contribution in [3.63, 3.8) is 0 Å². The van der Waals surface area contributed by atoms with Gasteiger partial charge in [0, 0.05) is 38.5 Å². The average molecular weight is 842 g/mol. The van der Waals surface area contributed by atoms with E-state index in [-0.39, 0.29) is 49.5 Å². The Morgan fingerprint density at radius 2 is 1.64 bits per heavy atom. The predicted molar refractivity (Wildman–Crippen MR) is 229 cm³/mol. The molecule has 2 aliphatic heterocycles. The number of ether oxygens (including phenoxy) is 3. The fourth-order valence-electron chi connectivity index (χ4n) is 7.37. The molecule has 1 unspecified atom stereocenters. The first-order valence-corrected chi connectivity index (χ1v) is 23.5. The number of benzene rings is 2. The number of carbonyl (C=O) groups is 4. The number of cyclic esters (lactones) is 1. The Morgan fingerprint density at radius 1 is 0.983 bits per heavy atom. The summed E-state index contributed by atoms with van der Waals surface area (Å²) in [5, 5.41) is 9.20. The minimum absolute atomic E-state index is 0.0261. The van der Waals surface area contributed by atoms with E-state index in [1.807, 2.05) is 52.0 Å².